The van der Waals surface area contributed by atoms with E-state index in [0.717, 1.165) is 39.1 Å². The van der Waals surface area contributed by atoms with Crippen LogP contribution in [0.3, 0.4) is 0 Å². The summed E-state index contributed by atoms with van der Waals surface area (Å²) in [5, 5.41) is 7.37. The summed E-state index contributed by atoms with van der Waals surface area (Å²) in [5.41, 5.74) is 1.97. The van der Waals surface area contributed by atoms with Crippen molar-refractivity contribution in [3.05, 3.63) is 63.2 Å². The summed E-state index contributed by atoms with van der Waals surface area (Å²) in [4.78, 5) is 35.5. The van der Waals surface area contributed by atoms with Crippen LogP contribution in [-0.4, -0.2) is 51.8 Å². The van der Waals surface area contributed by atoms with Crippen LogP contribution in [0, 0.1) is 6.92 Å². The number of aromatic nitrogens is 3. The Labute approximate surface area is 187 Å². The van der Waals surface area contributed by atoms with Crippen molar-refractivity contribution in [2.45, 2.75) is 13.5 Å². The van der Waals surface area contributed by atoms with E-state index >= 15 is 0 Å². The van der Waals surface area contributed by atoms with Crippen molar-refractivity contribution < 1.29 is 4.79 Å². The molecule has 158 valence electrons. The van der Waals surface area contributed by atoms with Crippen molar-refractivity contribution in [1.82, 2.24) is 19.7 Å². The quantitative estimate of drug-likeness (QED) is 0.476. The molecule has 1 fully saturated rings. The second-order valence-corrected chi connectivity index (χ2v) is 9.55. The number of carbonyl (C=O) groups excluding carboxylic acids is 1. The number of rotatable bonds is 4. The number of piperazine rings is 1. The molecule has 1 aliphatic heterocycles. The molecule has 0 bridgehead atoms. The Balaban J connectivity index is 1.38. The van der Waals surface area contributed by atoms with Gasteiger partial charge in [-0.1, -0.05) is 24.3 Å². The molecule has 0 N–H and O–H groups in total. The highest BCUT2D eigenvalue weighted by atomic mass is 32.1. The van der Waals surface area contributed by atoms with E-state index in [-0.39, 0.29) is 18.0 Å². The maximum Gasteiger partial charge on any atom is 0.294 e. The van der Waals surface area contributed by atoms with Crippen LogP contribution in [0.15, 0.2) is 52.6 Å². The van der Waals surface area contributed by atoms with Crippen LogP contribution < -0.4 is 10.5 Å². The lowest BCUT2D eigenvalue weighted by Gasteiger charge is -2.36. The van der Waals surface area contributed by atoms with Gasteiger partial charge in [-0.15, -0.1) is 22.7 Å². The molecule has 0 radical (unpaired) electrons. The van der Waals surface area contributed by atoms with Crippen LogP contribution in [0.2, 0.25) is 0 Å². The maximum absolute atomic E-state index is 13.0. The van der Waals surface area contributed by atoms with Gasteiger partial charge in [-0.05, 0) is 30.5 Å². The van der Waals surface area contributed by atoms with Crippen LogP contribution in [-0.2, 0) is 11.3 Å². The van der Waals surface area contributed by atoms with E-state index < -0.39 is 0 Å². The summed E-state index contributed by atoms with van der Waals surface area (Å²) in [7, 11) is 0. The highest BCUT2D eigenvalue weighted by Crippen LogP contribution is 2.32. The monoisotopic (exact) mass is 451 g/mol. The van der Waals surface area contributed by atoms with Gasteiger partial charge in [0.1, 0.15) is 12.2 Å². The topological polar surface area (TPSA) is 71.3 Å². The largest absolute Gasteiger partial charge is 0.368 e. The number of anilines is 1. The molecule has 1 aromatic carbocycles. The number of carbonyl (C=O) groups is 1. The normalized spacial score (nSPS) is 14.4. The first-order valence-electron chi connectivity index (χ1n) is 10.1. The van der Waals surface area contributed by atoms with Gasteiger partial charge in [0.05, 0.1) is 14.6 Å². The minimum atomic E-state index is -0.309. The van der Waals surface area contributed by atoms with E-state index in [4.69, 9.17) is 0 Å². The maximum atomic E-state index is 13.0. The lowest BCUT2D eigenvalue weighted by Crippen LogP contribution is -2.50. The molecule has 1 saturated heterocycles. The van der Waals surface area contributed by atoms with E-state index in [9.17, 15) is 9.59 Å². The van der Waals surface area contributed by atoms with Gasteiger partial charge in [-0.25, -0.2) is 9.67 Å². The standard InChI is InChI=1S/C22H21N5O2S2/c1-15-23-20-21(31-15)19(17-8-5-13-30-17)24-27(22(20)29)14-18(28)26-11-9-25(10-12-26)16-6-3-2-4-7-16/h2-8,13H,9-12,14H2,1H3. The third-order valence-corrected chi connectivity index (χ3v) is 7.25. The van der Waals surface area contributed by atoms with Gasteiger partial charge in [0.15, 0.2) is 5.52 Å². The first kappa shape index (κ1) is 19.9. The van der Waals surface area contributed by atoms with Gasteiger partial charge in [0.2, 0.25) is 5.91 Å². The number of nitrogens with zero attached hydrogens (tertiary/aromatic N) is 5. The zero-order chi connectivity index (χ0) is 21.4. The highest BCUT2D eigenvalue weighted by molar-refractivity contribution is 7.20. The fourth-order valence-electron chi connectivity index (χ4n) is 3.83. The Morgan fingerprint density at radius 2 is 1.84 bits per heavy atom. The minimum Gasteiger partial charge on any atom is -0.368 e. The summed E-state index contributed by atoms with van der Waals surface area (Å²) in [5.74, 6) is -0.0919. The summed E-state index contributed by atoms with van der Waals surface area (Å²) < 4.78 is 2.06. The molecule has 0 aliphatic carbocycles. The second kappa shape index (κ2) is 8.24. The van der Waals surface area contributed by atoms with E-state index in [1.807, 2.05) is 47.5 Å². The molecule has 0 saturated carbocycles. The molecule has 9 heteroatoms. The van der Waals surface area contributed by atoms with Gasteiger partial charge in [0, 0.05) is 31.9 Å². The van der Waals surface area contributed by atoms with E-state index in [0.29, 0.717) is 18.6 Å². The molecule has 5 rings (SSSR count). The fraction of sp³-hybridized carbons (Fsp3) is 0.273. The van der Waals surface area contributed by atoms with Crippen molar-refractivity contribution >= 4 is 44.5 Å². The molecule has 0 spiro atoms. The lowest BCUT2D eigenvalue weighted by molar-refractivity contribution is -0.132. The Bertz CT molecular complexity index is 1270. The summed E-state index contributed by atoms with van der Waals surface area (Å²) in [6.45, 7) is 4.58. The lowest BCUT2D eigenvalue weighted by atomic mass is 10.2. The van der Waals surface area contributed by atoms with Crippen molar-refractivity contribution in [3.8, 4) is 10.6 Å². The van der Waals surface area contributed by atoms with Crippen LogP contribution in [0.4, 0.5) is 5.69 Å². The fourth-order valence-corrected chi connectivity index (χ4v) is 5.52. The van der Waals surface area contributed by atoms with E-state index in [2.05, 4.69) is 27.1 Å². The van der Waals surface area contributed by atoms with Crippen LogP contribution in [0.25, 0.3) is 20.8 Å². The Kier molecular flexibility index (Phi) is 5.29. The smallest absolute Gasteiger partial charge is 0.294 e. The number of amides is 1. The van der Waals surface area contributed by atoms with Gasteiger partial charge in [-0.3, -0.25) is 9.59 Å². The Morgan fingerprint density at radius 1 is 1.06 bits per heavy atom. The average molecular weight is 452 g/mol. The Morgan fingerprint density at radius 3 is 2.55 bits per heavy atom. The SMILES string of the molecule is Cc1nc2c(=O)n(CC(=O)N3CCN(c4ccccc4)CC3)nc(-c3cccs3)c2s1. The minimum absolute atomic E-state index is 0.0743. The molecule has 3 aromatic heterocycles. The number of fused-ring (bicyclic) bond motifs is 1. The van der Waals surface area contributed by atoms with Crippen molar-refractivity contribution in [1.29, 1.82) is 0 Å². The zero-order valence-corrected chi connectivity index (χ0v) is 18.7. The number of benzene rings is 1. The number of hydrogen-bond acceptors (Lipinski definition) is 7. The van der Waals surface area contributed by atoms with Gasteiger partial charge in [0.25, 0.3) is 5.56 Å². The first-order chi connectivity index (χ1) is 15.1. The van der Waals surface area contributed by atoms with Gasteiger partial charge < -0.3 is 9.80 Å². The number of hydrogen-bond donors (Lipinski definition) is 0. The number of para-hydroxylation sites is 1. The van der Waals surface area contributed by atoms with Gasteiger partial charge >= 0.3 is 0 Å². The van der Waals surface area contributed by atoms with Crippen molar-refractivity contribution in [2.24, 2.45) is 0 Å². The van der Waals surface area contributed by atoms with Crippen molar-refractivity contribution in [2.75, 3.05) is 31.1 Å². The second-order valence-electron chi connectivity index (χ2n) is 7.40. The van der Waals surface area contributed by atoms with Crippen molar-refractivity contribution in [3.63, 3.8) is 0 Å². The molecule has 31 heavy (non-hydrogen) atoms. The molecular weight excluding hydrogens is 430 g/mol. The number of thiophene rings is 1. The molecule has 4 aromatic rings. The molecule has 0 unspecified atom stereocenters. The third-order valence-electron chi connectivity index (χ3n) is 5.40. The predicted molar refractivity (Wildman–Crippen MR) is 125 cm³/mol. The predicted octanol–water partition coefficient (Wildman–Crippen LogP) is 3.24. The molecular formula is C22H21N5O2S2. The average Bonchev–Trinajstić information content (AvgIpc) is 3.46. The van der Waals surface area contributed by atoms with E-state index in [1.165, 1.54) is 16.0 Å². The number of thiazole rings is 1. The summed E-state index contributed by atoms with van der Waals surface area (Å²) in [6.07, 6.45) is 0. The molecule has 1 amide bonds. The summed E-state index contributed by atoms with van der Waals surface area (Å²) >= 11 is 3.02. The first-order valence-corrected chi connectivity index (χ1v) is 11.8. The Hall–Kier alpha value is -3.04. The van der Waals surface area contributed by atoms with Crippen LogP contribution in [0.1, 0.15) is 5.01 Å². The molecule has 1 aliphatic rings. The highest BCUT2D eigenvalue weighted by Gasteiger charge is 2.24. The number of aryl methyl sites for hydroxylation is 1. The zero-order valence-electron chi connectivity index (χ0n) is 17.0. The summed E-state index contributed by atoms with van der Waals surface area (Å²) in [6, 6.07) is 14.1. The van der Waals surface area contributed by atoms with Gasteiger partial charge in [-0.2, -0.15) is 5.10 Å². The van der Waals surface area contributed by atoms with Crippen LogP contribution in [0.5, 0.6) is 0 Å². The molecule has 0 atom stereocenters. The third kappa shape index (κ3) is 3.86. The molecule has 7 nitrogen and oxygen atoms in total. The van der Waals surface area contributed by atoms with E-state index in [1.54, 1.807) is 11.3 Å². The van der Waals surface area contributed by atoms with Crippen LogP contribution >= 0.6 is 22.7 Å². The molecule has 4 heterocycles.